The molecule has 0 saturated carbocycles. The molecule has 0 amide bonds. The van der Waals surface area contributed by atoms with Gasteiger partial charge in [-0.3, -0.25) is 0 Å². The largest absolute Gasteiger partial charge is 0.453 e. The second-order valence-electron chi connectivity index (χ2n) is 1.95. The Morgan fingerprint density at radius 1 is 1.00 bits per heavy atom. The van der Waals surface area contributed by atoms with Crippen LogP contribution in [0, 0.1) is 0 Å². The third-order valence-electron chi connectivity index (χ3n) is 0.715. The van der Waals surface area contributed by atoms with E-state index in [9.17, 15) is 26.3 Å². The first-order valence-electron chi connectivity index (χ1n) is 2.96. The molecule has 0 atom stereocenters. The topological polar surface area (TPSA) is 9.23 Å². The van der Waals surface area contributed by atoms with Gasteiger partial charge in [0, 0.05) is 0 Å². The Morgan fingerprint density at radius 2 is 1.50 bits per heavy atom. The molecule has 82 valence electrons. The molecule has 0 saturated heterocycles. The Labute approximate surface area is 79.6 Å². The van der Waals surface area contributed by atoms with Gasteiger partial charge in [-0.1, -0.05) is 0 Å². The maximum absolute atomic E-state index is 11.5. The third-order valence-corrected chi connectivity index (χ3v) is 0.913. The van der Waals surface area contributed by atoms with Gasteiger partial charge in [-0.2, -0.15) is 26.3 Å². The molecule has 1 nitrogen and oxygen atoms in total. The minimum Gasteiger partial charge on any atom is -0.453 e. The molecule has 0 N–H and O–H groups in total. The number of allylic oxidation sites excluding steroid dienone is 2. The maximum Gasteiger partial charge on any atom is 0.414 e. The van der Waals surface area contributed by atoms with Crippen LogP contribution in [0.5, 0.6) is 0 Å². The molecular weight excluding hydrogens is 238 g/mol. The zero-order valence-electron chi connectivity index (χ0n) is 6.29. The van der Waals surface area contributed by atoms with Crippen LogP contribution in [0.25, 0.3) is 0 Å². The lowest BCUT2D eigenvalue weighted by atomic mass is 10.6. The van der Waals surface area contributed by atoms with Crippen molar-refractivity contribution in [2.75, 3.05) is 0 Å². The molecular formula is C6H3ClF6O. The molecule has 0 aromatic rings. The van der Waals surface area contributed by atoms with Gasteiger partial charge in [0.15, 0.2) is 5.22 Å². The summed E-state index contributed by atoms with van der Waals surface area (Å²) in [6.45, 7) is 0. The standard InChI is InChI=1S/C6H3ClF6O/c7-4(3-6(11,12)13)14-2-1-5(8,9)10/h1-3H/b2-1+,4-3-. The average Bonchev–Trinajstić information content (AvgIpc) is 1.78. The fraction of sp³-hybridized carbons (Fsp3) is 0.333. The molecule has 0 unspecified atom stereocenters. The van der Waals surface area contributed by atoms with E-state index in [-0.39, 0.29) is 12.3 Å². The first kappa shape index (κ1) is 13.2. The summed E-state index contributed by atoms with van der Waals surface area (Å²) >= 11 is 4.79. The van der Waals surface area contributed by atoms with Crippen LogP contribution in [0.3, 0.4) is 0 Å². The van der Waals surface area contributed by atoms with Gasteiger partial charge in [0.1, 0.15) is 0 Å². The maximum atomic E-state index is 11.5. The van der Waals surface area contributed by atoms with Crippen LogP contribution in [0.4, 0.5) is 26.3 Å². The molecule has 0 fully saturated rings. The van der Waals surface area contributed by atoms with Crippen molar-refractivity contribution in [1.82, 2.24) is 0 Å². The molecule has 0 aliphatic heterocycles. The summed E-state index contributed by atoms with van der Waals surface area (Å²) in [4.78, 5) is 0. The van der Waals surface area contributed by atoms with Gasteiger partial charge in [-0.25, -0.2) is 0 Å². The van der Waals surface area contributed by atoms with Crippen molar-refractivity contribution in [1.29, 1.82) is 0 Å². The predicted molar refractivity (Wildman–Crippen MR) is 36.3 cm³/mol. The first-order valence-corrected chi connectivity index (χ1v) is 3.34. The number of rotatable bonds is 2. The number of hydrogen-bond acceptors (Lipinski definition) is 1. The fourth-order valence-corrected chi connectivity index (χ4v) is 0.514. The summed E-state index contributed by atoms with van der Waals surface area (Å²) in [6.07, 6.45) is -10.2. The van der Waals surface area contributed by atoms with Crippen LogP contribution in [0.15, 0.2) is 23.6 Å². The highest BCUT2D eigenvalue weighted by Crippen LogP contribution is 2.22. The SMILES string of the molecule is FC(F)(F)/C=C/O/C(Cl)=C\C(F)(F)F. The summed E-state index contributed by atoms with van der Waals surface area (Å²) in [5.74, 6) is 0. The Hall–Kier alpha value is -0.850. The van der Waals surface area contributed by atoms with Crippen molar-refractivity contribution in [3.8, 4) is 0 Å². The van der Waals surface area contributed by atoms with Gasteiger partial charge in [-0.15, -0.1) is 0 Å². The normalized spacial score (nSPS) is 14.9. The second kappa shape index (κ2) is 4.59. The van der Waals surface area contributed by atoms with E-state index >= 15 is 0 Å². The highest BCUT2D eigenvalue weighted by Gasteiger charge is 2.25. The van der Waals surface area contributed by atoms with Crippen molar-refractivity contribution < 1.29 is 31.1 Å². The molecule has 0 radical (unpaired) electrons. The number of halogens is 7. The summed E-state index contributed by atoms with van der Waals surface area (Å²) in [5.41, 5.74) is 0. The molecule has 0 rings (SSSR count). The Bertz CT molecular complexity index is 238. The Morgan fingerprint density at radius 3 is 1.86 bits per heavy atom. The molecule has 0 bridgehead atoms. The minimum absolute atomic E-state index is 0.0184. The number of ether oxygens (including phenoxy) is 1. The van der Waals surface area contributed by atoms with Crippen LogP contribution >= 0.6 is 11.6 Å². The van der Waals surface area contributed by atoms with Crippen molar-refractivity contribution >= 4 is 11.6 Å². The van der Waals surface area contributed by atoms with E-state index in [0.717, 1.165) is 0 Å². The lowest BCUT2D eigenvalue weighted by Gasteiger charge is -2.01. The van der Waals surface area contributed by atoms with Crippen LogP contribution < -0.4 is 0 Å². The quantitative estimate of drug-likeness (QED) is 0.528. The highest BCUT2D eigenvalue weighted by atomic mass is 35.5. The molecule has 0 heterocycles. The van der Waals surface area contributed by atoms with E-state index in [2.05, 4.69) is 4.74 Å². The third kappa shape index (κ3) is 9.24. The van der Waals surface area contributed by atoms with Crippen molar-refractivity contribution in [2.24, 2.45) is 0 Å². The average molecular weight is 241 g/mol. The van der Waals surface area contributed by atoms with E-state index in [0.29, 0.717) is 0 Å². The smallest absolute Gasteiger partial charge is 0.414 e. The monoisotopic (exact) mass is 240 g/mol. The van der Waals surface area contributed by atoms with E-state index in [1.165, 1.54) is 0 Å². The number of hydrogen-bond donors (Lipinski definition) is 0. The van der Waals surface area contributed by atoms with Gasteiger partial charge in [0.05, 0.1) is 18.4 Å². The van der Waals surface area contributed by atoms with E-state index in [4.69, 9.17) is 11.6 Å². The fourth-order valence-electron chi connectivity index (χ4n) is 0.339. The van der Waals surface area contributed by atoms with Gasteiger partial charge < -0.3 is 4.74 Å². The summed E-state index contributed by atoms with van der Waals surface area (Å²) in [7, 11) is 0. The first-order chi connectivity index (χ1) is 6.10. The van der Waals surface area contributed by atoms with Gasteiger partial charge in [0.25, 0.3) is 0 Å². The molecule has 0 aromatic carbocycles. The van der Waals surface area contributed by atoms with Crippen LogP contribution in [0.2, 0.25) is 0 Å². The summed E-state index contributed by atoms with van der Waals surface area (Å²) < 4.78 is 72.4. The van der Waals surface area contributed by atoms with Crippen molar-refractivity contribution in [2.45, 2.75) is 12.4 Å². The summed E-state index contributed by atoms with van der Waals surface area (Å²) in [6, 6.07) is 0. The van der Waals surface area contributed by atoms with E-state index in [1.807, 2.05) is 0 Å². The number of alkyl halides is 6. The molecule has 14 heavy (non-hydrogen) atoms. The van der Waals surface area contributed by atoms with Crippen LogP contribution in [-0.4, -0.2) is 12.4 Å². The summed E-state index contributed by atoms with van der Waals surface area (Å²) in [5, 5.41) is -1.20. The molecule has 0 spiro atoms. The van der Waals surface area contributed by atoms with Crippen molar-refractivity contribution in [3.63, 3.8) is 0 Å². The second-order valence-corrected chi connectivity index (χ2v) is 2.32. The van der Waals surface area contributed by atoms with Gasteiger partial charge >= 0.3 is 12.4 Å². The van der Waals surface area contributed by atoms with E-state index < -0.39 is 23.6 Å². The molecule has 8 heteroatoms. The Balaban J connectivity index is 4.17. The molecule has 0 aliphatic carbocycles. The molecule has 0 aliphatic rings. The Kier molecular flexibility index (Phi) is 4.31. The van der Waals surface area contributed by atoms with Crippen LogP contribution in [-0.2, 0) is 4.74 Å². The molecule has 0 aromatic heterocycles. The van der Waals surface area contributed by atoms with Gasteiger partial charge in [-0.05, 0) is 11.6 Å². The zero-order valence-corrected chi connectivity index (χ0v) is 7.04. The predicted octanol–water partition coefficient (Wildman–Crippen LogP) is 3.72. The van der Waals surface area contributed by atoms with E-state index in [1.54, 1.807) is 0 Å². The lowest BCUT2D eigenvalue weighted by Crippen LogP contribution is -2.03. The van der Waals surface area contributed by atoms with Gasteiger partial charge in [0.2, 0.25) is 0 Å². The van der Waals surface area contributed by atoms with Crippen LogP contribution in [0.1, 0.15) is 0 Å². The lowest BCUT2D eigenvalue weighted by molar-refractivity contribution is -0.0822. The zero-order chi connectivity index (χ0) is 11.4. The van der Waals surface area contributed by atoms with Crippen molar-refractivity contribution in [3.05, 3.63) is 23.6 Å². The highest BCUT2D eigenvalue weighted by molar-refractivity contribution is 6.28. The minimum atomic E-state index is -4.73.